The molecule has 1 rings (SSSR count). The molecule has 1 saturated heterocycles. The Morgan fingerprint density at radius 3 is 2.38 bits per heavy atom. The van der Waals surface area contributed by atoms with E-state index in [1.165, 1.54) is 6.42 Å². The first-order valence-electron chi connectivity index (χ1n) is 6.48. The Labute approximate surface area is 101 Å². The van der Waals surface area contributed by atoms with Crippen molar-refractivity contribution < 1.29 is 9.47 Å². The van der Waals surface area contributed by atoms with Crippen LogP contribution in [0.2, 0.25) is 0 Å². The van der Waals surface area contributed by atoms with Crippen LogP contribution in [0.25, 0.3) is 0 Å². The second kappa shape index (κ2) is 6.06. The average Bonchev–Trinajstić information content (AvgIpc) is 2.42. The normalized spacial score (nSPS) is 35.2. The van der Waals surface area contributed by atoms with Gasteiger partial charge in [0.15, 0.2) is 0 Å². The first kappa shape index (κ1) is 14.0. The van der Waals surface area contributed by atoms with Crippen molar-refractivity contribution in [2.24, 2.45) is 11.8 Å². The predicted molar refractivity (Wildman–Crippen MR) is 67.7 cm³/mol. The van der Waals surface area contributed by atoms with Crippen LogP contribution in [0.4, 0.5) is 0 Å². The molecule has 0 aromatic heterocycles. The molecule has 2 radical (unpaired) electrons. The fraction of sp³-hybridized carbons (Fsp3) is 1.00. The maximum absolute atomic E-state index is 5.94. The van der Waals surface area contributed by atoms with Gasteiger partial charge in [0.1, 0.15) is 7.85 Å². The van der Waals surface area contributed by atoms with E-state index >= 15 is 0 Å². The minimum absolute atomic E-state index is 0.161. The van der Waals surface area contributed by atoms with Crippen molar-refractivity contribution in [3.8, 4) is 0 Å². The Kier molecular flexibility index (Phi) is 5.32. The highest BCUT2D eigenvalue weighted by Crippen LogP contribution is 2.31. The lowest BCUT2D eigenvalue weighted by molar-refractivity contribution is -0.0511. The minimum Gasteiger partial charge on any atom is -0.382 e. The molecule has 0 amide bonds. The van der Waals surface area contributed by atoms with Gasteiger partial charge < -0.3 is 9.47 Å². The molecular weight excluding hydrogens is 199 g/mol. The topological polar surface area (TPSA) is 18.5 Å². The summed E-state index contributed by atoms with van der Waals surface area (Å²) < 4.78 is 11.7. The third-order valence-corrected chi connectivity index (χ3v) is 3.19. The first-order chi connectivity index (χ1) is 7.41. The molecule has 1 unspecified atom stereocenters. The summed E-state index contributed by atoms with van der Waals surface area (Å²) in [5.41, 5.74) is 0. The summed E-state index contributed by atoms with van der Waals surface area (Å²) in [6.45, 7) is 10.7. The molecule has 2 nitrogen and oxygen atoms in total. The molecule has 0 aliphatic carbocycles. The second-order valence-corrected chi connectivity index (χ2v) is 5.62. The first-order valence-corrected chi connectivity index (χ1v) is 6.48. The highest BCUT2D eigenvalue weighted by molar-refractivity contribution is 6.11. The maximum Gasteiger partial charge on any atom is 0.109 e. The predicted octanol–water partition coefficient (Wildman–Crippen LogP) is 2.75. The van der Waals surface area contributed by atoms with E-state index in [9.17, 15) is 0 Å². The van der Waals surface area contributed by atoms with E-state index in [0.717, 1.165) is 6.42 Å². The number of ether oxygens (including phenoxy) is 2. The highest BCUT2D eigenvalue weighted by Gasteiger charge is 2.39. The summed E-state index contributed by atoms with van der Waals surface area (Å²) in [4.78, 5) is 0. The van der Waals surface area contributed by atoms with Crippen molar-refractivity contribution in [1.82, 2.24) is 0 Å². The maximum atomic E-state index is 5.94. The molecule has 0 bridgehead atoms. The summed E-state index contributed by atoms with van der Waals surface area (Å²) in [5, 5.41) is 0. The molecule has 16 heavy (non-hydrogen) atoms. The lowest BCUT2D eigenvalue weighted by Crippen LogP contribution is -2.32. The van der Waals surface area contributed by atoms with Crippen LogP contribution in [-0.2, 0) is 9.47 Å². The van der Waals surface area contributed by atoms with Crippen molar-refractivity contribution in [3.05, 3.63) is 0 Å². The van der Waals surface area contributed by atoms with Crippen LogP contribution in [0, 0.1) is 11.8 Å². The van der Waals surface area contributed by atoms with E-state index in [-0.39, 0.29) is 24.3 Å². The molecule has 92 valence electrons. The van der Waals surface area contributed by atoms with Gasteiger partial charge in [0, 0.05) is 11.9 Å². The fourth-order valence-electron chi connectivity index (χ4n) is 2.18. The van der Waals surface area contributed by atoms with Crippen molar-refractivity contribution >= 4 is 7.85 Å². The van der Waals surface area contributed by atoms with Gasteiger partial charge in [-0.15, -0.1) is 0 Å². The van der Waals surface area contributed by atoms with E-state index in [1.807, 2.05) is 0 Å². The van der Waals surface area contributed by atoms with Gasteiger partial charge in [-0.25, -0.2) is 0 Å². The zero-order valence-electron chi connectivity index (χ0n) is 11.3. The van der Waals surface area contributed by atoms with Crippen LogP contribution >= 0.6 is 0 Å². The van der Waals surface area contributed by atoms with Crippen molar-refractivity contribution in [2.45, 2.75) is 71.8 Å². The van der Waals surface area contributed by atoms with Gasteiger partial charge in [-0.3, -0.25) is 0 Å². The van der Waals surface area contributed by atoms with Crippen molar-refractivity contribution in [2.75, 3.05) is 0 Å². The summed E-state index contributed by atoms with van der Waals surface area (Å²) in [6, 6.07) is -0.166. The van der Waals surface area contributed by atoms with Crippen LogP contribution in [-0.4, -0.2) is 32.2 Å². The molecule has 0 spiro atoms. The van der Waals surface area contributed by atoms with Gasteiger partial charge in [-0.1, -0.05) is 20.8 Å². The van der Waals surface area contributed by atoms with E-state index in [1.54, 1.807) is 0 Å². The SMILES string of the molecule is [B][C@@H]1O[C@H](CCC(C)C)C(OC(C)C)[C@@H]1C. The summed E-state index contributed by atoms with van der Waals surface area (Å²) in [6.07, 6.45) is 2.79. The molecule has 0 saturated carbocycles. The molecule has 0 aromatic carbocycles. The Hall–Kier alpha value is -0.0151. The molecule has 0 N–H and O–H groups in total. The number of hydrogen-bond acceptors (Lipinski definition) is 2. The van der Waals surface area contributed by atoms with Crippen LogP contribution in [0.15, 0.2) is 0 Å². The van der Waals surface area contributed by atoms with Crippen LogP contribution < -0.4 is 0 Å². The van der Waals surface area contributed by atoms with E-state index in [4.69, 9.17) is 17.3 Å². The third kappa shape index (κ3) is 3.78. The zero-order chi connectivity index (χ0) is 12.3. The van der Waals surface area contributed by atoms with E-state index in [0.29, 0.717) is 11.8 Å². The van der Waals surface area contributed by atoms with Gasteiger partial charge in [0.2, 0.25) is 0 Å². The molecule has 1 aliphatic rings. The summed E-state index contributed by atoms with van der Waals surface area (Å²) >= 11 is 0. The Morgan fingerprint density at radius 1 is 1.25 bits per heavy atom. The highest BCUT2D eigenvalue weighted by atomic mass is 16.6. The monoisotopic (exact) mass is 224 g/mol. The van der Waals surface area contributed by atoms with Crippen molar-refractivity contribution in [1.29, 1.82) is 0 Å². The Bertz CT molecular complexity index is 206. The molecule has 1 aliphatic heterocycles. The zero-order valence-corrected chi connectivity index (χ0v) is 11.3. The van der Waals surface area contributed by atoms with Gasteiger partial charge >= 0.3 is 0 Å². The van der Waals surface area contributed by atoms with Crippen molar-refractivity contribution in [3.63, 3.8) is 0 Å². The third-order valence-electron chi connectivity index (χ3n) is 3.19. The smallest absolute Gasteiger partial charge is 0.109 e. The average molecular weight is 224 g/mol. The largest absolute Gasteiger partial charge is 0.382 e. The molecule has 1 heterocycles. The van der Waals surface area contributed by atoms with Crippen LogP contribution in [0.5, 0.6) is 0 Å². The number of rotatable bonds is 5. The number of hydrogen-bond donors (Lipinski definition) is 0. The minimum atomic E-state index is -0.166. The standard InChI is InChI=1S/C13H25BO2/c1-8(2)6-7-11-12(15-9(3)4)10(5)13(14)16-11/h8-13H,6-7H2,1-5H3/t10-,11+,12?,13+/m0/s1. The quantitative estimate of drug-likeness (QED) is 0.668. The van der Waals surface area contributed by atoms with Gasteiger partial charge in [0.25, 0.3) is 0 Å². The second-order valence-electron chi connectivity index (χ2n) is 5.62. The van der Waals surface area contributed by atoms with E-state index in [2.05, 4.69) is 34.6 Å². The van der Waals surface area contributed by atoms with E-state index < -0.39 is 0 Å². The molecule has 0 aromatic rings. The van der Waals surface area contributed by atoms with Crippen LogP contribution in [0.3, 0.4) is 0 Å². The molecule has 3 heteroatoms. The fourth-order valence-corrected chi connectivity index (χ4v) is 2.18. The summed E-state index contributed by atoms with van der Waals surface area (Å²) in [7, 11) is 5.94. The molecule has 1 fully saturated rings. The molecule has 4 atom stereocenters. The van der Waals surface area contributed by atoms with Gasteiger partial charge in [-0.05, 0) is 32.6 Å². The van der Waals surface area contributed by atoms with Gasteiger partial charge in [0.05, 0.1) is 18.3 Å². The summed E-state index contributed by atoms with van der Waals surface area (Å²) in [5.74, 6) is 0.995. The Morgan fingerprint density at radius 2 is 1.88 bits per heavy atom. The van der Waals surface area contributed by atoms with Crippen LogP contribution in [0.1, 0.15) is 47.5 Å². The Balaban J connectivity index is 2.52. The van der Waals surface area contributed by atoms with Gasteiger partial charge in [-0.2, -0.15) is 0 Å². The lowest BCUT2D eigenvalue weighted by Gasteiger charge is -2.24. The molecular formula is C13H25BO2. The lowest BCUT2D eigenvalue weighted by atomic mass is 9.85.